The summed E-state index contributed by atoms with van der Waals surface area (Å²) < 4.78 is 13.2. The maximum atomic E-state index is 6.61. The number of hydrogen-bond donors (Lipinski definition) is 0. The van der Waals surface area contributed by atoms with Crippen molar-refractivity contribution in [2.45, 2.75) is 79.3 Å². The van der Waals surface area contributed by atoms with E-state index in [9.17, 15) is 0 Å². The van der Waals surface area contributed by atoms with Gasteiger partial charge in [0, 0.05) is 6.42 Å². The first kappa shape index (κ1) is 17.5. The van der Waals surface area contributed by atoms with Gasteiger partial charge in [-0.1, -0.05) is 71.9 Å². The van der Waals surface area contributed by atoms with Crippen LogP contribution in [0.25, 0.3) is 0 Å². The van der Waals surface area contributed by atoms with Gasteiger partial charge in [-0.05, 0) is 46.5 Å². The Morgan fingerprint density at radius 1 is 1.12 bits per heavy atom. The van der Waals surface area contributed by atoms with Gasteiger partial charge in [-0.25, -0.2) is 0 Å². The second kappa shape index (κ2) is 5.57. The molecule has 0 radical (unpaired) electrons. The summed E-state index contributed by atoms with van der Waals surface area (Å²) in [4.78, 5) is 0. The highest BCUT2D eigenvalue weighted by Gasteiger charge is 2.69. The summed E-state index contributed by atoms with van der Waals surface area (Å²) in [6.45, 7) is 14.2. The smallest absolute Gasteiger partial charge is 0.159 e. The molecule has 3 fully saturated rings. The molecule has 138 valence electrons. The fraction of sp³-hybridized carbons (Fsp3) is 0.739. The van der Waals surface area contributed by atoms with E-state index in [2.05, 4.69) is 71.9 Å². The second-order valence-corrected chi connectivity index (χ2v) is 10.5. The standard InChI is InChI=1S/C23H34O2/c1-21(2,3)19(15-10-8-7-9-11-15)24-18-14-16-17-12-13-23(6,20(16)25-18)22(17,4)5/h7-11,16-20H,12-14H2,1-6H3/t16-,17-,18-,19-,20-,23+/m1/s1. The monoisotopic (exact) mass is 342 g/mol. The first-order chi connectivity index (χ1) is 11.6. The molecule has 0 N–H and O–H groups in total. The van der Waals surface area contributed by atoms with Crippen molar-refractivity contribution in [1.29, 1.82) is 0 Å². The van der Waals surface area contributed by atoms with E-state index in [0.717, 1.165) is 12.3 Å². The largest absolute Gasteiger partial charge is 0.349 e. The lowest BCUT2D eigenvalue weighted by Gasteiger charge is -2.39. The fourth-order valence-corrected chi connectivity index (χ4v) is 6.13. The average Bonchev–Trinajstić information content (AvgIpc) is 3.10. The minimum Gasteiger partial charge on any atom is -0.349 e. The molecule has 0 unspecified atom stereocenters. The lowest BCUT2D eigenvalue weighted by molar-refractivity contribution is -0.205. The zero-order valence-corrected chi connectivity index (χ0v) is 16.7. The Morgan fingerprint density at radius 3 is 2.40 bits per heavy atom. The number of hydrogen-bond acceptors (Lipinski definition) is 2. The van der Waals surface area contributed by atoms with E-state index in [1.165, 1.54) is 18.4 Å². The van der Waals surface area contributed by atoms with E-state index >= 15 is 0 Å². The number of ether oxygens (including phenoxy) is 2. The number of benzene rings is 1. The minimum atomic E-state index is -0.0598. The summed E-state index contributed by atoms with van der Waals surface area (Å²) in [5.74, 6) is 1.47. The molecule has 6 atom stereocenters. The zero-order chi connectivity index (χ0) is 18.0. The SMILES string of the molecule is CC(C)(C)[C@H](O[C@H]1C[C@@H]2[C@H]3CC[C@@](C)([C@@H]2O1)C3(C)C)c1ccccc1. The Labute approximate surface area is 153 Å². The van der Waals surface area contributed by atoms with Gasteiger partial charge in [-0.3, -0.25) is 0 Å². The Morgan fingerprint density at radius 2 is 1.80 bits per heavy atom. The average molecular weight is 343 g/mol. The Hall–Kier alpha value is -0.860. The van der Waals surface area contributed by atoms with E-state index in [4.69, 9.17) is 9.47 Å². The lowest BCUT2D eigenvalue weighted by atomic mass is 9.70. The maximum absolute atomic E-state index is 6.61. The van der Waals surface area contributed by atoms with Gasteiger partial charge in [0.05, 0.1) is 12.2 Å². The Balaban J connectivity index is 1.54. The molecule has 2 heteroatoms. The van der Waals surface area contributed by atoms with Gasteiger partial charge in [0.2, 0.25) is 0 Å². The molecule has 2 aliphatic carbocycles. The predicted molar refractivity (Wildman–Crippen MR) is 101 cm³/mol. The van der Waals surface area contributed by atoms with Crippen LogP contribution in [-0.4, -0.2) is 12.4 Å². The number of rotatable bonds is 3. The first-order valence-corrected chi connectivity index (χ1v) is 10.0. The molecule has 1 aromatic carbocycles. The molecular weight excluding hydrogens is 308 g/mol. The van der Waals surface area contributed by atoms with Crippen molar-refractivity contribution in [1.82, 2.24) is 0 Å². The van der Waals surface area contributed by atoms with E-state index < -0.39 is 0 Å². The van der Waals surface area contributed by atoms with Gasteiger partial charge in [0.25, 0.3) is 0 Å². The van der Waals surface area contributed by atoms with Crippen molar-refractivity contribution in [2.75, 3.05) is 0 Å². The van der Waals surface area contributed by atoms with Crippen molar-refractivity contribution in [3.8, 4) is 0 Å². The van der Waals surface area contributed by atoms with Crippen LogP contribution in [0.4, 0.5) is 0 Å². The van der Waals surface area contributed by atoms with Crippen LogP contribution < -0.4 is 0 Å². The van der Waals surface area contributed by atoms with Crippen molar-refractivity contribution >= 4 is 0 Å². The van der Waals surface area contributed by atoms with Crippen molar-refractivity contribution in [3.63, 3.8) is 0 Å². The van der Waals surface area contributed by atoms with Gasteiger partial charge in [-0.2, -0.15) is 0 Å². The Bertz CT molecular complexity index is 629. The summed E-state index contributed by atoms with van der Waals surface area (Å²) in [7, 11) is 0. The molecule has 3 aliphatic rings. The maximum Gasteiger partial charge on any atom is 0.159 e. The topological polar surface area (TPSA) is 18.5 Å². The summed E-state index contributed by atoms with van der Waals surface area (Å²) >= 11 is 0. The van der Waals surface area contributed by atoms with Crippen LogP contribution in [-0.2, 0) is 9.47 Å². The van der Waals surface area contributed by atoms with Crippen molar-refractivity contribution in [3.05, 3.63) is 35.9 Å². The van der Waals surface area contributed by atoms with Gasteiger partial charge >= 0.3 is 0 Å². The molecule has 2 nitrogen and oxygen atoms in total. The molecule has 2 bridgehead atoms. The van der Waals surface area contributed by atoms with E-state index in [1.54, 1.807) is 0 Å². The molecular formula is C23H34O2. The third-order valence-corrected chi connectivity index (χ3v) is 7.85. The van der Waals surface area contributed by atoms with Crippen LogP contribution in [0, 0.1) is 28.1 Å². The molecule has 0 amide bonds. The molecule has 0 aromatic heterocycles. The molecule has 2 saturated carbocycles. The third-order valence-electron chi connectivity index (χ3n) is 7.85. The first-order valence-electron chi connectivity index (χ1n) is 10.0. The molecule has 1 aromatic rings. The van der Waals surface area contributed by atoms with Crippen LogP contribution in [0.5, 0.6) is 0 Å². The molecule has 4 rings (SSSR count). The molecule has 0 spiro atoms. The minimum absolute atomic E-state index is 0.0462. The van der Waals surface area contributed by atoms with E-state index in [1.807, 2.05) is 0 Å². The summed E-state index contributed by atoms with van der Waals surface area (Å²) in [5, 5.41) is 0. The van der Waals surface area contributed by atoms with Gasteiger partial charge < -0.3 is 9.47 Å². The summed E-state index contributed by atoms with van der Waals surface area (Å²) in [6, 6.07) is 10.6. The van der Waals surface area contributed by atoms with Crippen LogP contribution in [0.1, 0.15) is 72.5 Å². The summed E-state index contributed by atoms with van der Waals surface area (Å²) in [5.41, 5.74) is 2.01. The third kappa shape index (κ3) is 2.51. The lowest BCUT2D eigenvalue weighted by Crippen LogP contribution is -2.38. The molecule has 1 saturated heterocycles. The van der Waals surface area contributed by atoms with Gasteiger partial charge in [0.15, 0.2) is 6.29 Å². The number of fused-ring (bicyclic) bond motifs is 5. The molecule has 25 heavy (non-hydrogen) atoms. The summed E-state index contributed by atoms with van der Waals surface area (Å²) in [6.07, 6.45) is 4.12. The van der Waals surface area contributed by atoms with Crippen LogP contribution in [0.15, 0.2) is 30.3 Å². The quantitative estimate of drug-likeness (QED) is 0.673. The fourth-order valence-electron chi connectivity index (χ4n) is 6.13. The highest BCUT2D eigenvalue weighted by molar-refractivity contribution is 5.20. The molecule has 1 aliphatic heterocycles. The normalized spacial score (nSPS) is 40.2. The van der Waals surface area contributed by atoms with Crippen LogP contribution in [0.3, 0.4) is 0 Å². The zero-order valence-electron chi connectivity index (χ0n) is 16.7. The van der Waals surface area contributed by atoms with Crippen LogP contribution in [0.2, 0.25) is 0 Å². The van der Waals surface area contributed by atoms with Crippen LogP contribution >= 0.6 is 0 Å². The van der Waals surface area contributed by atoms with Crippen molar-refractivity contribution < 1.29 is 9.47 Å². The highest BCUT2D eigenvalue weighted by Crippen LogP contribution is 2.71. The van der Waals surface area contributed by atoms with Crippen molar-refractivity contribution in [2.24, 2.45) is 28.1 Å². The molecule has 1 heterocycles. The second-order valence-electron chi connectivity index (χ2n) is 10.5. The highest BCUT2D eigenvalue weighted by atomic mass is 16.7. The van der Waals surface area contributed by atoms with Gasteiger partial charge in [-0.15, -0.1) is 0 Å². The van der Waals surface area contributed by atoms with E-state index in [0.29, 0.717) is 22.9 Å². The van der Waals surface area contributed by atoms with E-state index in [-0.39, 0.29) is 17.8 Å². The predicted octanol–water partition coefficient (Wildman–Crippen LogP) is 5.98. The van der Waals surface area contributed by atoms with Gasteiger partial charge in [0.1, 0.15) is 0 Å². The Kier molecular flexibility index (Phi) is 3.91.